The van der Waals surface area contributed by atoms with E-state index in [0.717, 1.165) is 11.6 Å². The number of aromatic nitrogens is 1. The van der Waals surface area contributed by atoms with Crippen molar-refractivity contribution in [2.45, 2.75) is 13.8 Å². The van der Waals surface area contributed by atoms with Gasteiger partial charge in [0.25, 0.3) is 0 Å². The van der Waals surface area contributed by atoms with Crippen LogP contribution in [0.4, 0.5) is 0 Å². The second-order valence-corrected chi connectivity index (χ2v) is 1.51. The van der Waals surface area contributed by atoms with Gasteiger partial charge in [-0.25, -0.2) is 4.98 Å². The molecule has 0 spiro atoms. The number of hydrogen-bond donors (Lipinski definition) is 1. The van der Waals surface area contributed by atoms with Crippen LogP contribution < -0.4 is 6.15 Å². The Morgan fingerprint density at radius 3 is 2.25 bits per heavy atom. The molecule has 8 heavy (non-hydrogen) atoms. The minimum absolute atomic E-state index is 0. The highest BCUT2D eigenvalue weighted by molar-refractivity contribution is 4.89. The molecule has 0 saturated heterocycles. The molecule has 0 atom stereocenters. The predicted octanol–water partition coefficient (Wildman–Crippen LogP) is 1.45. The fraction of sp³-hybridized carbons (Fsp3) is 0.400. The van der Waals surface area contributed by atoms with Crippen LogP contribution in [-0.4, -0.2) is 4.98 Å². The van der Waals surface area contributed by atoms with Crippen LogP contribution in [0.2, 0.25) is 0 Å². The Morgan fingerprint density at radius 2 is 2.12 bits per heavy atom. The van der Waals surface area contributed by atoms with Crippen LogP contribution in [0.15, 0.2) is 10.7 Å². The molecule has 0 saturated carbocycles. The van der Waals surface area contributed by atoms with E-state index in [4.69, 9.17) is 4.42 Å². The zero-order valence-corrected chi connectivity index (χ0v) is 5.14. The third-order valence-corrected chi connectivity index (χ3v) is 0.734. The number of oxazole rings is 1. The van der Waals surface area contributed by atoms with Crippen LogP contribution >= 0.6 is 0 Å². The molecule has 1 aromatic heterocycles. The smallest absolute Gasteiger partial charge is 0.191 e. The van der Waals surface area contributed by atoms with Crippen molar-refractivity contribution < 1.29 is 4.42 Å². The highest BCUT2D eigenvalue weighted by Gasteiger charge is 1.87. The van der Waals surface area contributed by atoms with E-state index in [1.165, 1.54) is 0 Å². The average molecular weight is 114 g/mol. The largest absolute Gasteiger partial charge is 0.449 e. The van der Waals surface area contributed by atoms with Gasteiger partial charge in [0.1, 0.15) is 6.26 Å². The van der Waals surface area contributed by atoms with Crippen molar-refractivity contribution in [1.29, 1.82) is 0 Å². The topological polar surface area (TPSA) is 61.0 Å². The van der Waals surface area contributed by atoms with Crippen LogP contribution in [0.1, 0.15) is 11.6 Å². The van der Waals surface area contributed by atoms with E-state index >= 15 is 0 Å². The van der Waals surface area contributed by atoms with Gasteiger partial charge in [0.05, 0.1) is 5.69 Å². The molecule has 0 unspecified atom stereocenters. The SMILES string of the molecule is Cc1coc(C)n1.N. The molecular formula is C5H10N2O. The molecule has 3 N–H and O–H groups in total. The third kappa shape index (κ3) is 1.35. The Balaban J connectivity index is 0.000000490. The molecule has 0 aromatic carbocycles. The van der Waals surface area contributed by atoms with E-state index in [1.807, 2.05) is 13.8 Å². The maximum absolute atomic E-state index is 4.85. The van der Waals surface area contributed by atoms with Gasteiger partial charge in [-0.15, -0.1) is 0 Å². The van der Waals surface area contributed by atoms with Crippen LogP contribution in [0.3, 0.4) is 0 Å². The monoisotopic (exact) mass is 114 g/mol. The highest BCUT2D eigenvalue weighted by atomic mass is 16.3. The van der Waals surface area contributed by atoms with Crippen LogP contribution in [0.25, 0.3) is 0 Å². The lowest BCUT2D eigenvalue weighted by Crippen LogP contribution is -1.67. The van der Waals surface area contributed by atoms with Crippen LogP contribution in [0, 0.1) is 13.8 Å². The first-order valence-corrected chi connectivity index (χ1v) is 2.18. The summed E-state index contributed by atoms with van der Waals surface area (Å²) in [5, 5.41) is 0. The Kier molecular flexibility index (Phi) is 2.21. The van der Waals surface area contributed by atoms with E-state index in [1.54, 1.807) is 6.26 Å². The van der Waals surface area contributed by atoms with Gasteiger partial charge in [-0.1, -0.05) is 0 Å². The summed E-state index contributed by atoms with van der Waals surface area (Å²) < 4.78 is 4.85. The average Bonchev–Trinajstić information content (AvgIpc) is 1.87. The van der Waals surface area contributed by atoms with Crippen LogP contribution in [-0.2, 0) is 0 Å². The van der Waals surface area contributed by atoms with E-state index in [9.17, 15) is 0 Å². The predicted molar refractivity (Wildman–Crippen MR) is 31.0 cm³/mol. The molecule has 0 aliphatic heterocycles. The molecule has 3 nitrogen and oxygen atoms in total. The first-order chi connectivity index (χ1) is 3.29. The van der Waals surface area contributed by atoms with Gasteiger partial charge in [-0.2, -0.15) is 0 Å². The molecule has 0 amide bonds. The quantitative estimate of drug-likeness (QED) is 0.555. The van der Waals surface area contributed by atoms with E-state index in [-0.39, 0.29) is 6.15 Å². The molecular weight excluding hydrogens is 104 g/mol. The molecule has 0 aliphatic carbocycles. The summed E-state index contributed by atoms with van der Waals surface area (Å²) in [7, 11) is 0. The molecule has 46 valence electrons. The Bertz CT molecular complexity index is 143. The molecule has 1 heterocycles. The zero-order chi connectivity index (χ0) is 5.28. The minimum Gasteiger partial charge on any atom is -0.449 e. The number of nitrogens with zero attached hydrogens (tertiary/aromatic N) is 1. The van der Waals surface area contributed by atoms with Gasteiger partial charge in [-0.3, -0.25) is 0 Å². The van der Waals surface area contributed by atoms with E-state index in [2.05, 4.69) is 4.98 Å². The molecule has 0 fully saturated rings. The summed E-state index contributed by atoms with van der Waals surface area (Å²) in [6, 6.07) is 0. The summed E-state index contributed by atoms with van der Waals surface area (Å²) in [6.07, 6.45) is 1.63. The number of rotatable bonds is 0. The standard InChI is InChI=1S/C5H7NO.H3N/c1-4-3-7-5(2)6-4;/h3H,1-2H3;1H3. The van der Waals surface area contributed by atoms with Gasteiger partial charge < -0.3 is 10.6 Å². The minimum atomic E-state index is 0. The van der Waals surface area contributed by atoms with Crippen molar-refractivity contribution in [3.63, 3.8) is 0 Å². The Morgan fingerprint density at radius 1 is 1.50 bits per heavy atom. The maximum Gasteiger partial charge on any atom is 0.191 e. The van der Waals surface area contributed by atoms with Crippen LogP contribution in [0.5, 0.6) is 0 Å². The summed E-state index contributed by atoms with van der Waals surface area (Å²) in [5.74, 6) is 0.734. The molecule has 3 heteroatoms. The van der Waals surface area contributed by atoms with Gasteiger partial charge in [0.2, 0.25) is 0 Å². The molecule has 0 aliphatic rings. The van der Waals surface area contributed by atoms with Crippen molar-refractivity contribution in [1.82, 2.24) is 11.1 Å². The third-order valence-electron chi connectivity index (χ3n) is 0.734. The lowest BCUT2D eigenvalue weighted by molar-refractivity contribution is 0.521. The molecule has 1 aromatic rings. The first-order valence-electron chi connectivity index (χ1n) is 2.18. The van der Waals surface area contributed by atoms with Gasteiger partial charge in [0.15, 0.2) is 5.89 Å². The summed E-state index contributed by atoms with van der Waals surface area (Å²) in [5.41, 5.74) is 0.942. The second-order valence-electron chi connectivity index (χ2n) is 1.51. The fourth-order valence-corrected chi connectivity index (χ4v) is 0.472. The van der Waals surface area contributed by atoms with Gasteiger partial charge in [0, 0.05) is 6.92 Å². The van der Waals surface area contributed by atoms with Crippen molar-refractivity contribution in [2.75, 3.05) is 0 Å². The van der Waals surface area contributed by atoms with Crippen molar-refractivity contribution in [2.24, 2.45) is 0 Å². The normalized spacial score (nSPS) is 8.25. The van der Waals surface area contributed by atoms with Gasteiger partial charge >= 0.3 is 0 Å². The maximum atomic E-state index is 4.85. The number of hydrogen-bond acceptors (Lipinski definition) is 3. The highest BCUT2D eigenvalue weighted by Crippen LogP contribution is 1.95. The zero-order valence-electron chi connectivity index (χ0n) is 5.14. The number of aryl methyl sites for hydroxylation is 2. The molecule has 0 bridgehead atoms. The van der Waals surface area contributed by atoms with Crippen molar-refractivity contribution in [3.8, 4) is 0 Å². The molecule has 1 rings (SSSR count). The molecule has 0 radical (unpaired) electrons. The second kappa shape index (κ2) is 2.47. The van der Waals surface area contributed by atoms with Crippen molar-refractivity contribution >= 4 is 0 Å². The Labute approximate surface area is 48.3 Å². The summed E-state index contributed by atoms with van der Waals surface area (Å²) in [4.78, 5) is 3.94. The summed E-state index contributed by atoms with van der Waals surface area (Å²) >= 11 is 0. The van der Waals surface area contributed by atoms with E-state index < -0.39 is 0 Å². The van der Waals surface area contributed by atoms with Gasteiger partial charge in [-0.05, 0) is 6.92 Å². The lowest BCUT2D eigenvalue weighted by Gasteiger charge is -1.68. The first kappa shape index (κ1) is 7.17. The van der Waals surface area contributed by atoms with E-state index in [0.29, 0.717) is 0 Å². The Hall–Kier alpha value is -0.830. The van der Waals surface area contributed by atoms with Crippen molar-refractivity contribution in [3.05, 3.63) is 17.8 Å². The summed E-state index contributed by atoms with van der Waals surface area (Å²) in [6.45, 7) is 3.73. The fourth-order valence-electron chi connectivity index (χ4n) is 0.472. The lowest BCUT2D eigenvalue weighted by atomic mass is 10.6.